The molecule has 0 spiro atoms. The zero-order valence-corrected chi connectivity index (χ0v) is 17.7. The van der Waals surface area contributed by atoms with E-state index in [4.69, 9.17) is 12.2 Å². The summed E-state index contributed by atoms with van der Waals surface area (Å²) in [5.74, 6) is -0.180. The Morgan fingerprint density at radius 3 is 2.52 bits per heavy atom. The topological polar surface area (TPSA) is 64.7 Å². The van der Waals surface area contributed by atoms with Crippen molar-refractivity contribution >= 4 is 29.1 Å². The van der Waals surface area contributed by atoms with Crippen LogP contribution in [-0.2, 0) is 4.79 Å². The summed E-state index contributed by atoms with van der Waals surface area (Å²) in [6.45, 7) is 2.52. The van der Waals surface area contributed by atoms with E-state index in [0.717, 1.165) is 25.9 Å². The molecule has 0 atom stereocenters. The Balaban J connectivity index is 1.40. The van der Waals surface area contributed by atoms with E-state index in [1.807, 2.05) is 23.2 Å². The van der Waals surface area contributed by atoms with Crippen LogP contribution in [0.3, 0.4) is 0 Å². The minimum atomic E-state index is -0.161. The van der Waals surface area contributed by atoms with Gasteiger partial charge in [-0.3, -0.25) is 19.6 Å². The molecule has 1 aliphatic carbocycles. The third-order valence-corrected chi connectivity index (χ3v) is 5.68. The summed E-state index contributed by atoms with van der Waals surface area (Å²) in [6.07, 6.45) is 9.47. The number of carbonyl (C=O) groups excluding carboxylic acids is 2. The summed E-state index contributed by atoms with van der Waals surface area (Å²) in [5.41, 5.74) is 2.11. The number of hydrogen-bond acceptors (Lipinski definition) is 3. The number of thiocarbonyl (C=S) groups is 1. The number of allylic oxidation sites excluding steroid dienone is 1. The Bertz CT molecular complexity index is 750. The lowest BCUT2D eigenvalue weighted by atomic mass is 9.97. The van der Waals surface area contributed by atoms with Crippen LogP contribution in [0.25, 0.3) is 0 Å². The Morgan fingerprint density at radius 2 is 1.76 bits per heavy atom. The van der Waals surface area contributed by atoms with E-state index >= 15 is 0 Å². The quantitative estimate of drug-likeness (QED) is 0.530. The minimum Gasteiger partial charge on any atom is -0.361 e. The fraction of sp³-hybridized carbons (Fsp3) is 0.500. The van der Waals surface area contributed by atoms with Gasteiger partial charge in [-0.15, -0.1) is 0 Å². The largest absolute Gasteiger partial charge is 0.361 e. The van der Waals surface area contributed by atoms with Crippen LogP contribution in [0.15, 0.2) is 42.0 Å². The van der Waals surface area contributed by atoms with Gasteiger partial charge in [-0.25, -0.2) is 0 Å². The normalized spacial score (nSPS) is 16.3. The van der Waals surface area contributed by atoms with Gasteiger partial charge in [0.25, 0.3) is 5.91 Å². The van der Waals surface area contributed by atoms with Crippen molar-refractivity contribution in [1.82, 2.24) is 20.7 Å². The Kier molecular flexibility index (Phi) is 8.04. The SMILES string of the molecule is O=C(NCCC(=O)N1CCCN1C(=S)NCCC1=CCCCC1)c1ccccc1. The maximum absolute atomic E-state index is 12.6. The summed E-state index contributed by atoms with van der Waals surface area (Å²) in [6, 6.07) is 9.02. The van der Waals surface area contributed by atoms with Gasteiger partial charge in [0, 0.05) is 38.2 Å². The molecule has 7 heteroatoms. The lowest BCUT2D eigenvalue weighted by molar-refractivity contribution is -0.138. The molecule has 0 saturated carbocycles. The molecule has 156 valence electrons. The maximum Gasteiger partial charge on any atom is 0.251 e. The highest BCUT2D eigenvalue weighted by molar-refractivity contribution is 7.80. The van der Waals surface area contributed by atoms with Crippen molar-refractivity contribution in [2.45, 2.75) is 44.9 Å². The van der Waals surface area contributed by atoms with Crippen LogP contribution in [0, 0.1) is 0 Å². The summed E-state index contributed by atoms with van der Waals surface area (Å²) in [4.78, 5) is 24.7. The first-order valence-corrected chi connectivity index (χ1v) is 10.9. The number of amides is 2. The second-order valence-corrected chi connectivity index (χ2v) is 7.84. The van der Waals surface area contributed by atoms with Gasteiger partial charge in [-0.2, -0.15) is 0 Å². The molecule has 6 nitrogen and oxygen atoms in total. The molecule has 2 amide bonds. The van der Waals surface area contributed by atoms with E-state index in [1.54, 1.807) is 17.1 Å². The van der Waals surface area contributed by atoms with E-state index in [0.29, 0.717) is 23.8 Å². The van der Waals surface area contributed by atoms with Gasteiger partial charge in [-0.05, 0) is 62.9 Å². The molecule has 0 bridgehead atoms. The molecule has 1 aromatic rings. The molecule has 2 aliphatic rings. The van der Waals surface area contributed by atoms with Crippen LogP contribution < -0.4 is 10.6 Å². The lowest BCUT2D eigenvalue weighted by Gasteiger charge is -2.30. The Labute approximate surface area is 178 Å². The van der Waals surface area contributed by atoms with E-state index < -0.39 is 0 Å². The van der Waals surface area contributed by atoms with Crippen molar-refractivity contribution in [3.63, 3.8) is 0 Å². The van der Waals surface area contributed by atoms with Crippen LogP contribution in [0.1, 0.15) is 55.3 Å². The number of hydrazine groups is 1. The number of carbonyl (C=O) groups is 2. The molecule has 3 rings (SSSR count). The minimum absolute atomic E-state index is 0.0185. The highest BCUT2D eigenvalue weighted by Gasteiger charge is 2.28. The number of rotatable bonds is 7. The summed E-state index contributed by atoms with van der Waals surface area (Å²) in [5, 5.41) is 10.3. The van der Waals surface area contributed by atoms with Crippen molar-refractivity contribution in [3.05, 3.63) is 47.5 Å². The molecule has 1 saturated heterocycles. The van der Waals surface area contributed by atoms with Gasteiger partial charge >= 0.3 is 0 Å². The average Bonchev–Trinajstić information content (AvgIpc) is 3.25. The number of benzene rings is 1. The maximum atomic E-state index is 12.6. The lowest BCUT2D eigenvalue weighted by Crippen LogP contribution is -2.49. The zero-order chi connectivity index (χ0) is 20.5. The highest BCUT2D eigenvalue weighted by Crippen LogP contribution is 2.19. The van der Waals surface area contributed by atoms with Crippen LogP contribution in [0.4, 0.5) is 0 Å². The number of hydrogen-bond donors (Lipinski definition) is 2. The monoisotopic (exact) mass is 414 g/mol. The van der Waals surface area contributed by atoms with Crippen molar-refractivity contribution in [2.75, 3.05) is 26.2 Å². The average molecular weight is 415 g/mol. The molecule has 0 aromatic heterocycles. The predicted octanol–water partition coefficient (Wildman–Crippen LogP) is 3.02. The molecule has 0 radical (unpaired) electrons. The first kappa shape index (κ1) is 21.3. The highest BCUT2D eigenvalue weighted by atomic mass is 32.1. The van der Waals surface area contributed by atoms with E-state index in [9.17, 15) is 9.59 Å². The van der Waals surface area contributed by atoms with Crippen LogP contribution >= 0.6 is 12.2 Å². The van der Waals surface area contributed by atoms with Gasteiger partial charge in [0.15, 0.2) is 5.11 Å². The van der Waals surface area contributed by atoms with Gasteiger partial charge in [0.1, 0.15) is 0 Å². The molecule has 1 aliphatic heterocycles. The van der Waals surface area contributed by atoms with Crippen LogP contribution in [0.5, 0.6) is 0 Å². The Hall–Kier alpha value is -2.41. The number of nitrogens with zero attached hydrogens (tertiary/aromatic N) is 2. The Morgan fingerprint density at radius 1 is 0.966 bits per heavy atom. The predicted molar refractivity (Wildman–Crippen MR) is 118 cm³/mol. The van der Waals surface area contributed by atoms with Gasteiger partial charge < -0.3 is 10.6 Å². The van der Waals surface area contributed by atoms with Crippen LogP contribution in [0.2, 0.25) is 0 Å². The molecule has 1 aromatic carbocycles. The van der Waals surface area contributed by atoms with Crippen molar-refractivity contribution in [2.24, 2.45) is 0 Å². The van der Waals surface area contributed by atoms with E-state index in [2.05, 4.69) is 16.7 Å². The molecule has 0 unspecified atom stereocenters. The molecule has 29 heavy (non-hydrogen) atoms. The molecule has 1 heterocycles. The van der Waals surface area contributed by atoms with Crippen LogP contribution in [-0.4, -0.2) is 53.1 Å². The standard InChI is InChI=1S/C22H30N4O2S/c27-20(13-15-23-21(28)19-10-5-2-6-11-19)25-16-7-17-26(25)22(29)24-14-12-18-8-3-1-4-9-18/h2,5-6,8,10-11H,1,3-4,7,9,12-17H2,(H,23,28)(H,24,29). The van der Waals surface area contributed by atoms with Gasteiger partial charge in [-0.1, -0.05) is 29.8 Å². The first-order chi connectivity index (χ1) is 14.1. The van der Waals surface area contributed by atoms with Gasteiger partial charge in [0.05, 0.1) is 0 Å². The second kappa shape index (κ2) is 11.0. The summed E-state index contributed by atoms with van der Waals surface area (Å²) < 4.78 is 0. The fourth-order valence-electron chi connectivity index (χ4n) is 3.74. The molecular weight excluding hydrogens is 384 g/mol. The van der Waals surface area contributed by atoms with E-state index in [-0.39, 0.29) is 18.2 Å². The summed E-state index contributed by atoms with van der Waals surface area (Å²) in [7, 11) is 0. The molecular formula is C22H30N4O2S. The van der Waals surface area contributed by atoms with Crippen molar-refractivity contribution in [3.8, 4) is 0 Å². The zero-order valence-electron chi connectivity index (χ0n) is 16.9. The first-order valence-electron chi connectivity index (χ1n) is 10.5. The van der Waals surface area contributed by atoms with Crippen molar-refractivity contribution < 1.29 is 9.59 Å². The second-order valence-electron chi connectivity index (χ2n) is 7.46. The van der Waals surface area contributed by atoms with E-state index in [1.165, 1.54) is 31.3 Å². The fourth-order valence-corrected chi connectivity index (χ4v) is 4.03. The summed E-state index contributed by atoms with van der Waals surface area (Å²) >= 11 is 5.53. The number of nitrogens with one attached hydrogen (secondary N) is 2. The molecule has 1 fully saturated rings. The third-order valence-electron chi connectivity index (χ3n) is 5.32. The molecule has 2 N–H and O–H groups in total. The smallest absolute Gasteiger partial charge is 0.251 e. The third kappa shape index (κ3) is 6.29. The van der Waals surface area contributed by atoms with Crippen molar-refractivity contribution in [1.29, 1.82) is 0 Å². The van der Waals surface area contributed by atoms with Gasteiger partial charge in [0.2, 0.25) is 5.91 Å².